The lowest BCUT2D eigenvalue weighted by molar-refractivity contribution is -0.133. The largest absolute Gasteiger partial charge is 0.440 e. The van der Waals surface area contributed by atoms with E-state index in [1.807, 2.05) is 48.5 Å². The number of allylic oxidation sites excluding steroid dienone is 1. The van der Waals surface area contributed by atoms with Crippen LogP contribution in [0.1, 0.15) is 22.6 Å². The van der Waals surface area contributed by atoms with Crippen molar-refractivity contribution >= 4 is 28.3 Å². The molecule has 4 aromatic rings. The maximum atomic E-state index is 12.5. The van der Waals surface area contributed by atoms with E-state index in [1.54, 1.807) is 36.4 Å². The molecule has 6 heteroatoms. The fraction of sp³-hybridized carbons (Fsp3) is 0.0714. The molecule has 1 atom stereocenters. The Morgan fingerprint density at radius 1 is 1.00 bits per heavy atom. The SMILES string of the molecule is N#CC1=C(N)Oc2cc(OC(=O)Cc3ccc(Cl)cc3)ccc2C1c1cccc2ccccc12. The minimum atomic E-state index is -0.412. The summed E-state index contributed by atoms with van der Waals surface area (Å²) in [6, 6.07) is 28.4. The summed E-state index contributed by atoms with van der Waals surface area (Å²) >= 11 is 5.90. The maximum absolute atomic E-state index is 12.5. The highest BCUT2D eigenvalue weighted by atomic mass is 35.5. The first kappa shape index (κ1) is 21.6. The van der Waals surface area contributed by atoms with Gasteiger partial charge in [0.15, 0.2) is 0 Å². The van der Waals surface area contributed by atoms with Crippen LogP contribution < -0.4 is 15.2 Å². The Balaban J connectivity index is 1.49. The van der Waals surface area contributed by atoms with Crippen molar-refractivity contribution in [1.82, 2.24) is 0 Å². The lowest BCUT2D eigenvalue weighted by atomic mass is 9.81. The first-order valence-electron chi connectivity index (χ1n) is 10.7. The molecule has 4 aromatic carbocycles. The summed E-state index contributed by atoms with van der Waals surface area (Å²) in [6.45, 7) is 0. The van der Waals surface area contributed by atoms with Crippen LogP contribution in [0.15, 0.2) is 96.4 Å². The fourth-order valence-corrected chi connectivity index (χ4v) is 4.38. The van der Waals surface area contributed by atoms with E-state index in [0.29, 0.717) is 22.1 Å². The van der Waals surface area contributed by atoms with Crippen LogP contribution in [-0.4, -0.2) is 5.97 Å². The molecule has 0 fully saturated rings. The van der Waals surface area contributed by atoms with Crippen molar-refractivity contribution < 1.29 is 14.3 Å². The van der Waals surface area contributed by atoms with Crippen LogP contribution in [0.3, 0.4) is 0 Å². The van der Waals surface area contributed by atoms with E-state index in [1.165, 1.54) is 0 Å². The lowest BCUT2D eigenvalue weighted by Gasteiger charge is -2.27. The third-order valence-corrected chi connectivity index (χ3v) is 6.07. The molecule has 1 aliphatic rings. The minimum absolute atomic E-state index is 0.0394. The molecule has 34 heavy (non-hydrogen) atoms. The second kappa shape index (κ2) is 8.93. The van der Waals surface area contributed by atoms with Gasteiger partial charge in [0.2, 0.25) is 5.88 Å². The van der Waals surface area contributed by atoms with E-state index < -0.39 is 11.9 Å². The average molecular weight is 467 g/mol. The molecule has 0 bridgehead atoms. The van der Waals surface area contributed by atoms with Gasteiger partial charge in [0.05, 0.1) is 12.3 Å². The van der Waals surface area contributed by atoms with Crippen molar-refractivity contribution in [1.29, 1.82) is 5.26 Å². The molecule has 5 rings (SSSR count). The lowest BCUT2D eigenvalue weighted by Crippen LogP contribution is -2.21. The summed E-state index contributed by atoms with van der Waals surface area (Å²) in [4.78, 5) is 12.5. The van der Waals surface area contributed by atoms with Crippen molar-refractivity contribution in [2.75, 3.05) is 0 Å². The van der Waals surface area contributed by atoms with Crippen LogP contribution in [0.2, 0.25) is 5.02 Å². The van der Waals surface area contributed by atoms with Crippen LogP contribution in [0.5, 0.6) is 11.5 Å². The Labute approximate surface area is 201 Å². The molecular weight excluding hydrogens is 448 g/mol. The molecule has 5 nitrogen and oxygen atoms in total. The molecule has 166 valence electrons. The molecule has 0 aliphatic carbocycles. The summed E-state index contributed by atoms with van der Waals surface area (Å²) < 4.78 is 11.3. The Bertz CT molecular complexity index is 1480. The van der Waals surface area contributed by atoms with Crippen LogP contribution >= 0.6 is 11.6 Å². The summed E-state index contributed by atoms with van der Waals surface area (Å²) in [5.74, 6) is 0.00924. The number of fused-ring (bicyclic) bond motifs is 2. The summed E-state index contributed by atoms with van der Waals surface area (Å²) in [5, 5.41) is 12.6. The minimum Gasteiger partial charge on any atom is -0.440 e. The molecular formula is C28H19ClN2O3. The van der Waals surface area contributed by atoms with Gasteiger partial charge >= 0.3 is 5.97 Å². The van der Waals surface area contributed by atoms with Crippen LogP contribution in [0, 0.1) is 11.3 Å². The smallest absolute Gasteiger partial charge is 0.315 e. The number of benzene rings is 4. The van der Waals surface area contributed by atoms with Gasteiger partial charge < -0.3 is 15.2 Å². The Hall–Kier alpha value is -4.27. The van der Waals surface area contributed by atoms with E-state index in [2.05, 4.69) is 6.07 Å². The third kappa shape index (κ3) is 4.07. The molecule has 2 N–H and O–H groups in total. The molecule has 0 radical (unpaired) electrons. The number of hydrogen-bond donors (Lipinski definition) is 1. The number of carbonyl (C=O) groups is 1. The highest BCUT2D eigenvalue weighted by Gasteiger charge is 2.32. The second-order valence-corrected chi connectivity index (χ2v) is 8.41. The summed E-state index contributed by atoms with van der Waals surface area (Å²) in [5.41, 5.74) is 9.03. The van der Waals surface area contributed by atoms with Gasteiger partial charge in [0, 0.05) is 16.7 Å². The molecule has 0 saturated carbocycles. The number of ether oxygens (including phenoxy) is 2. The van der Waals surface area contributed by atoms with Gasteiger partial charge in [-0.3, -0.25) is 4.79 Å². The van der Waals surface area contributed by atoms with Gasteiger partial charge in [-0.25, -0.2) is 0 Å². The predicted molar refractivity (Wildman–Crippen MR) is 130 cm³/mol. The van der Waals surface area contributed by atoms with Gasteiger partial charge in [0.1, 0.15) is 23.1 Å². The first-order chi connectivity index (χ1) is 16.5. The number of nitrogens with zero attached hydrogens (tertiary/aromatic N) is 1. The van der Waals surface area contributed by atoms with Crippen molar-refractivity contribution in [3.05, 3.63) is 118 Å². The molecule has 1 aliphatic heterocycles. The van der Waals surface area contributed by atoms with Gasteiger partial charge in [0.25, 0.3) is 0 Å². The van der Waals surface area contributed by atoms with Gasteiger partial charge in [-0.2, -0.15) is 5.26 Å². The maximum Gasteiger partial charge on any atom is 0.315 e. The number of halogens is 1. The second-order valence-electron chi connectivity index (χ2n) is 7.97. The van der Waals surface area contributed by atoms with E-state index in [9.17, 15) is 10.1 Å². The molecule has 0 aromatic heterocycles. The zero-order chi connectivity index (χ0) is 23.7. The van der Waals surface area contributed by atoms with E-state index in [4.69, 9.17) is 26.8 Å². The standard InChI is InChI=1S/C28H19ClN2O3/c29-19-10-8-17(9-11-19)14-26(32)33-20-12-13-23-25(15-20)34-28(31)24(16-30)27(23)22-7-3-5-18-4-1-2-6-21(18)22/h1-13,15,27H,14,31H2. The van der Waals surface area contributed by atoms with Crippen molar-refractivity contribution in [2.45, 2.75) is 12.3 Å². The highest BCUT2D eigenvalue weighted by molar-refractivity contribution is 6.30. The van der Waals surface area contributed by atoms with Crippen molar-refractivity contribution in [3.63, 3.8) is 0 Å². The first-order valence-corrected chi connectivity index (χ1v) is 11.1. The van der Waals surface area contributed by atoms with Crippen molar-refractivity contribution in [2.24, 2.45) is 5.73 Å². The van der Waals surface area contributed by atoms with Gasteiger partial charge in [-0.15, -0.1) is 0 Å². The highest BCUT2D eigenvalue weighted by Crippen LogP contribution is 2.45. The molecule has 0 amide bonds. The zero-order valence-corrected chi connectivity index (χ0v) is 18.8. The number of esters is 1. The quantitative estimate of drug-likeness (QED) is 0.301. The Morgan fingerprint density at radius 3 is 2.56 bits per heavy atom. The van der Waals surface area contributed by atoms with Crippen LogP contribution in [-0.2, 0) is 11.2 Å². The van der Waals surface area contributed by atoms with E-state index in [0.717, 1.165) is 27.5 Å². The summed E-state index contributed by atoms with van der Waals surface area (Å²) in [6.07, 6.45) is 0.106. The number of nitriles is 1. The van der Waals surface area contributed by atoms with E-state index >= 15 is 0 Å². The molecule has 1 heterocycles. The molecule has 1 unspecified atom stereocenters. The third-order valence-electron chi connectivity index (χ3n) is 5.82. The van der Waals surface area contributed by atoms with Gasteiger partial charge in [-0.1, -0.05) is 72.3 Å². The number of carbonyl (C=O) groups excluding carboxylic acids is 1. The number of rotatable bonds is 4. The van der Waals surface area contributed by atoms with Crippen LogP contribution in [0.4, 0.5) is 0 Å². The average Bonchev–Trinajstić information content (AvgIpc) is 2.84. The summed E-state index contributed by atoms with van der Waals surface area (Å²) in [7, 11) is 0. The topological polar surface area (TPSA) is 85.3 Å². The predicted octanol–water partition coefficient (Wildman–Crippen LogP) is 5.86. The number of nitrogens with two attached hydrogens (primary N) is 1. The van der Waals surface area contributed by atoms with Crippen LogP contribution in [0.25, 0.3) is 10.8 Å². The normalized spacial score (nSPS) is 14.8. The van der Waals surface area contributed by atoms with Gasteiger partial charge in [-0.05, 0) is 40.1 Å². The molecule has 0 saturated heterocycles. The van der Waals surface area contributed by atoms with Crippen molar-refractivity contribution in [3.8, 4) is 17.6 Å². The fourth-order valence-electron chi connectivity index (χ4n) is 4.26. The monoisotopic (exact) mass is 466 g/mol. The Morgan fingerprint density at radius 2 is 1.76 bits per heavy atom. The zero-order valence-electron chi connectivity index (χ0n) is 18.0. The Kier molecular flexibility index (Phi) is 5.67. The van der Waals surface area contributed by atoms with E-state index in [-0.39, 0.29) is 12.3 Å². The molecule has 0 spiro atoms. The number of hydrogen-bond acceptors (Lipinski definition) is 5.